The Morgan fingerprint density at radius 2 is 1.88 bits per heavy atom. The zero-order valence-corrected chi connectivity index (χ0v) is 9.56. The highest BCUT2D eigenvalue weighted by molar-refractivity contribution is 5.38. The summed E-state index contributed by atoms with van der Waals surface area (Å²) in [4.78, 5) is 0. The molecule has 2 aliphatic rings. The van der Waals surface area contributed by atoms with Crippen LogP contribution in [0.25, 0.3) is 0 Å². The first-order valence-corrected chi connectivity index (χ1v) is 6.37. The van der Waals surface area contributed by atoms with E-state index in [4.69, 9.17) is 10.5 Å². The van der Waals surface area contributed by atoms with Crippen LogP contribution in [0.3, 0.4) is 0 Å². The van der Waals surface area contributed by atoms with Gasteiger partial charge in [-0.05, 0) is 25.3 Å². The third kappa shape index (κ3) is 1.61. The second-order valence-electron chi connectivity index (χ2n) is 5.02. The van der Waals surface area contributed by atoms with Gasteiger partial charge in [-0.2, -0.15) is 0 Å². The van der Waals surface area contributed by atoms with E-state index in [1.165, 1.54) is 37.7 Å². The number of rotatable bonds is 0. The molecule has 3 unspecified atom stereocenters. The van der Waals surface area contributed by atoms with Gasteiger partial charge in [0.05, 0.1) is 0 Å². The fourth-order valence-corrected chi connectivity index (χ4v) is 3.12. The topological polar surface area (TPSA) is 35.2 Å². The summed E-state index contributed by atoms with van der Waals surface area (Å²) in [6, 6.07) is 8.42. The molecule has 16 heavy (non-hydrogen) atoms. The monoisotopic (exact) mass is 217 g/mol. The van der Waals surface area contributed by atoms with Crippen molar-refractivity contribution in [3.63, 3.8) is 0 Å². The molecule has 2 heteroatoms. The molecule has 1 aliphatic heterocycles. The van der Waals surface area contributed by atoms with Crippen molar-refractivity contribution in [1.82, 2.24) is 0 Å². The minimum Gasteiger partial charge on any atom is -0.490 e. The summed E-state index contributed by atoms with van der Waals surface area (Å²) in [5, 5.41) is 0. The molecule has 0 radical (unpaired) electrons. The Hall–Kier alpha value is -1.02. The SMILES string of the molecule is NC1c2ccccc2OC2CCCCCC21. The maximum Gasteiger partial charge on any atom is 0.124 e. The summed E-state index contributed by atoms with van der Waals surface area (Å²) < 4.78 is 6.11. The predicted octanol–water partition coefficient (Wildman–Crippen LogP) is 3.03. The number of nitrogens with two attached hydrogens (primary N) is 1. The van der Waals surface area contributed by atoms with Crippen LogP contribution in [0.2, 0.25) is 0 Å². The molecule has 86 valence electrons. The average Bonchev–Trinajstić information content (AvgIpc) is 2.55. The van der Waals surface area contributed by atoms with Crippen molar-refractivity contribution in [2.75, 3.05) is 0 Å². The molecule has 3 rings (SSSR count). The third-order valence-electron chi connectivity index (χ3n) is 4.02. The molecule has 2 N–H and O–H groups in total. The van der Waals surface area contributed by atoms with Gasteiger partial charge in [0.15, 0.2) is 0 Å². The lowest BCUT2D eigenvalue weighted by Gasteiger charge is -2.37. The summed E-state index contributed by atoms with van der Waals surface area (Å²) in [6.45, 7) is 0. The van der Waals surface area contributed by atoms with Gasteiger partial charge in [-0.3, -0.25) is 0 Å². The van der Waals surface area contributed by atoms with Crippen LogP contribution < -0.4 is 10.5 Å². The highest BCUT2D eigenvalue weighted by Gasteiger charge is 2.36. The Bertz CT molecular complexity index is 377. The fraction of sp³-hybridized carbons (Fsp3) is 0.571. The summed E-state index contributed by atoms with van der Waals surface area (Å²) in [6.07, 6.45) is 6.68. The van der Waals surface area contributed by atoms with Crippen LogP contribution in [0.1, 0.15) is 43.7 Å². The Morgan fingerprint density at radius 1 is 1.06 bits per heavy atom. The molecular formula is C14H19NO. The van der Waals surface area contributed by atoms with Crippen molar-refractivity contribution in [3.8, 4) is 5.75 Å². The van der Waals surface area contributed by atoms with Gasteiger partial charge in [0.2, 0.25) is 0 Å². The maximum atomic E-state index is 6.39. The zero-order valence-electron chi connectivity index (χ0n) is 9.56. The Morgan fingerprint density at radius 3 is 2.81 bits per heavy atom. The first-order chi connectivity index (χ1) is 7.86. The highest BCUT2D eigenvalue weighted by atomic mass is 16.5. The molecular weight excluding hydrogens is 198 g/mol. The van der Waals surface area contributed by atoms with E-state index < -0.39 is 0 Å². The van der Waals surface area contributed by atoms with Crippen LogP contribution in [0, 0.1) is 5.92 Å². The van der Waals surface area contributed by atoms with Crippen LogP contribution in [0.15, 0.2) is 24.3 Å². The predicted molar refractivity (Wildman–Crippen MR) is 64.4 cm³/mol. The quantitative estimate of drug-likeness (QED) is 0.725. The van der Waals surface area contributed by atoms with Gasteiger partial charge in [0, 0.05) is 17.5 Å². The molecule has 0 spiro atoms. The Balaban J connectivity index is 1.95. The van der Waals surface area contributed by atoms with E-state index in [0.717, 1.165) is 5.75 Å². The van der Waals surface area contributed by atoms with E-state index in [2.05, 4.69) is 18.2 Å². The van der Waals surface area contributed by atoms with Crippen molar-refractivity contribution in [2.45, 2.75) is 44.2 Å². The second-order valence-corrected chi connectivity index (χ2v) is 5.02. The molecule has 0 saturated heterocycles. The Kier molecular flexibility index (Phi) is 2.60. The third-order valence-corrected chi connectivity index (χ3v) is 4.02. The van der Waals surface area contributed by atoms with Crippen molar-refractivity contribution in [3.05, 3.63) is 29.8 Å². The van der Waals surface area contributed by atoms with Crippen LogP contribution in [0.5, 0.6) is 5.75 Å². The van der Waals surface area contributed by atoms with Crippen LogP contribution in [-0.4, -0.2) is 6.10 Å². The maximum absolute atomic E-state index is 6.39. The van der Waals surface area contributed by atoms with E-state index in [-0.39, 0.29) is 6.04 Å². The molecule has 1 aromatic carbocycles. The molecule has 1 heterocycles. The lowest BCUT2D eigenvalue weighted by molar-refractivity contribution is 0.0865. The fourth-order valence-electron chi connectivity index (χ4n) is 3.12. The van der Waals surface area contributed by atoms with E-state index in [0.29, 0.717) is 12.0 Å². The normalized spacial score (nSPS) is 33.2. The van der Waals surface area contributed by atoms with E-state index >= 15 is 0 Å². The number of hydrogen-bond acceptors (Lipinski definition) is 2. The molecule has 1 aliphatic carbocycles. The number of hydrogen-bond donors (Lipinski definition) is 1. The summed E-state index contributed by atoms with van der Waals surface area (Å²) in [5.41, 5.74) is 7.59. The number of fused-ring (bicyclic) bond motifs is 2. The van der Waals surface area contributed by atoms with Gasteiger partial charge in [-0.25, -0.2) is 0 Å². The van der Waals surface area contributed by atoms with Crippen LogP contribution in [0.4, 0.5) is 0 Å². The average molecular weight is 217 g/mol. The minimum absolute atomic E-state index is 0.174. The number of para-hydroxylation sites is 1. The van der Waals surface area contributed by atoms with Crippen molar-refractivity contribution >= 4 is 0 Å². The van der Waals surface area contributed by atoms with E-state index in [1.54, 1.807) is 0 Å². The molecule has 0 amide bonds. The van der Waals surface area contributed by atoms with Crippen molar-refractivity contribution < 1.29 is 4.74 Å². The minimum atomic E-state index is 0.174. The van der Waals surface area contributed by atoms with Gasteiger partial charge >= 0.3 is 0 Å². The van der Waals surface area contributed by atoms with E-state index in [9.17, 15) is 0 Å². The highest BCUT2D eigenvalue weighted by Crippen LogP contribution is 2.42. The summed E-state index contributed by atoms with van der Waals surface area (Å²) in [5.74, 6) is 1.54. The zero-order chi connectivity index (χ0) is 11.0. The smallest absolute Gasteiger partial charge is 0.124 e. The Labute approximate surface area is 96.8 Å². The molecule has 0 bridgehead atoms. The summed E-state index contributed by atoms with van der Waals surface area (Å²) >= 11 is 0. The molecule has 1 fully saturated rings. The molecule has 1 aromatic rings. The molecule has 1 saturated carbocycles. The van der Waals surface area contributed by atoms with Gasteiger partial charge in [-0.1, -0.05) is 31.0 Å². The lowest BCUT2D eigenvalue weighted by atomic mass is 9.83. The van der Waals surface area contributed by atoms with Gasteiger partial charge in [-0.15, -0.1) is 0 Å². The largest absolute Gasteiger partial charge is 0.490 e. The number of ether oxygens (including phenoxy) is 1. The molecule has 2 nitrogen and oxygen atoms in total. The van der Waals surface area contributed by atoms with Crippen molar-refractivity contribution in [1.29, 1.82) is 0 Å². The van der Waals surface area contributed by atoms with Crippen LogP contribution >= 0.6 is 0 Å². The molecule has 3 atom stereocenters. The van der Waals surface area contributed by atoms with Gasteiger partial charge in [0.1, 0.15) is 11.9 Å². The summed E-state index contributed by atoms with van der Waals surface area (Å²) in [7, 11) is 0. The van der Waals surface area contributed by atoms with Crippen molar-refractivity contribution in [2.24, 2.45) is 11.7 Å². The lowest BCUT2D eigenvalue weighted by Crippen LogP contribution is -2.38. The second kappa shape index (κ2) is 4.10. The van der Waals surface area contributed by atoms with Crippen LogP contribution in [-0.2, 0) is 0 Å². The van der Waals surface area contributed by atoms with E-state index in [1.807, 2.05) is 6.07 Å². The first-order valence-electron chi connectivity index (χ1n) is 6.37. The standard InChI is InChI=1S/C14H19NO/c15-14-10-6-2-1-3-8-12(10)16-13-9-5-4-7-11(13)14/h4-5,7,9-10,12,14H,1-3,6,8,15H2. The number of benzene rings is 1. The first kappa shape index (κ1) is 10.2. The van der Waals surface area contributed by atoms with Gasteiger partial charge < -0.3 is 10.5 Å². The molecule has 0 aromatic heterocycles. The van der Waals surface area contributed by atoms with Gasteiger partial charge in [0.25, 0.3) is 0 Å².